The molecule has 130 valence electrons. The van der Waals surface area contributed by atoms with Gasteiger partial charge in [-0.3, -0.25) is 4.79 Å². The van der Waals surface area contributed by atoms with Gasteiger partial charge in [0, 0.05) is 29.2 Å². The SMILES string of the molecule is CCOC(=O)CNc1ncc(-c2cc(C(C)C)nc(N)c2C#N)cn1. The molecule has 0 radical (unpaired) electrons. The summed E-state index contributed by atoms with van der Waals surface area (Å²) >= 11 is 0. The third kappa shape index (κ3) is 4.41. The highest BCUT2D eigenvalue weighted by molar-refractivity contribution is 5.76. The van der Waals surface area contributed by atoms with Crippen LogP contribution in [-0.2, 0) is 9.53 Å². The first-order valence-corrected chi connectivity index (χ1v) is 7.88. The number of nitrogens with two attached hydrogens (primary N) is 1. The van der Waals surface area contributed by atoms with E-state index in [0.717, 1.165) is 5.69 Å². The average molecular weight is 340 g/mol. The zero-order valence-electron chi connectivity index (χ0n) is 14.4. The molecule has 8 heteroatoms. The highest BCUT2D eigenvalue weighted by Crippen LogP contribution is 2.29. The molecule has 0 aliphatic heterocycles. The fourth-order valence-corrected chi connectivity index (χ4v) is 2.15. The molecule has 0 fully saturated rings. The highest BCUT2D eigenvalue weighted by atomic mass is 16.5. The van der Waals surface area contributed by atoms with Gasteiger partial charge >= 0.3 is 5.97 Å². The maximum absolute atomic E-state index is 11.3. The number of nitrogen functional groups attached to an aromatic ring is 1. The number of rotatable bonds is 6. The maximum Gasteiger partial charge on any atom is 0.325 e. The fraction of sp³-hybridized carbons (Fsp3) is 0.353. The van der Waals surface area contributed by atoms with Gasteiger partial charge in [0.25, 0.3) is 0 Å². The van der Waals surface area contributed by atoms with Crippen LogP contribution >= 0.6 is 0 Å². The van der Waals surface area contributed by atoms with Crippen molar-refractivity contribution >= 4 is 17.7 Å². The number of carbonyl (C=O) groups is 1. The van der Waals surface area contributed by atoms with Crippen molar-refractivity contribution < 1.29 is 9.53 Å². The Balaban J connectivity index is 2.27. The van der Waals surface area contributed by atoms with Crippen molar-refractivity contribution in [2.45, 2.75) is 26.7 Å². The molecule has 8 nitrogen and oxygen atoms in total. The van der Waals surface area contributed by atoms with E-state index < -0.39 is 0 Å². The Morgan fingerprint density at radius 2 is 2.08 bits per heavy atom. The van der Waals surface area contributed by atoms with Crippen LogP contribution in [0.2, 0.25) is 0 Å². The molecule has 0 amide bonds. The van der Waals surface area contributed by atoms with E-state index in [2.05, 4.69) is 26.3 Å². The first-order chi connectivity index (χ1) is 12.0. The molecule has 2 aromatic rings. The van der Waals surface area contributed by atoms with Crippen molar-refractivity contribution in [1.29, 1.82) is 5.26 Å². The quantitative estimate of drug-likeness (QED) is 0.765. The van der Waals surface area contributed by atoms with Crippen LogP contribution in [0.1, 0.15) is 37.9 Å². The molecule has 0 unspecified atom stereocenters. The lowest BCUT2D eigenvalue weighted by molar-refractivity contribution is -0.140. The minimum absolute atomic E-state index is 0.0175. The predicted molar refractivity (Wildman–Crippen MR) is 93.6 cm³/mol. The minimum Gasteiger partial charge on any atom is -0.465 e. The van der Waals surface area contributed by atoms with E-state index in [1.54, 1.807) is 19.3 Å². The summed E-state index contributed by atoms with van der Waals surface area (Å²) in [6.45, 7) is 6.03. The highest BCUT2D eigenvalue weighted by Gasteiger charge is 2.15. The largest absolute Gasteiger partial charge is 0.465 e. The molecular formula is C17H20N6O2. The summed E-state index contributed by atoms with van der Waals surface area (Å²) in [5.41, 5.74) is 8.27. The van der Waals surface area contributed by atoms with E-state index in [9.17, 15) is 10.1 Å². The number of pyridine rings is 1. The third-order valence-corrected chi connectivity index (χ3v) is 3.43. The number of ether oxygens (including phenoxy) is 1. The molecule has 3 N–H and O–H groups in total. The summed E-state index contributed by atoms with van der Waals surface area (Å²) < 4.78 is 4.82. The first kappa shape index (κ1) is 18.1. The summed E-state index contributed by atoms with van der Waals surface area (Å²) in [7, 11) is 0. The second-order valence-corrected chi connectivity index (χ2v) is 5.58. The van der Waals surface area contributed by atoms with Gasteiger partial charge in [-0.05, 0) is 18.9 Å². The van der Waals surface area contributed by atoms with Crippen molar-refractivity contribution in [2.75, 3.05) is 24.2 Å². The Labute approximate surface area is 146 Å². The second kappa shape index (κ2) is 8.06. The second-order valence-electron chi connectivity index (χ2n) is 5.58. The lowest BCUT2D eigenvalue weighted by Crippen LogP contribution is -2.17. The molecule has 0 aromatic carbocycles. The Morgan fingerprint density at radius 3 is 2.64 bits per heavy atom. The van der Waals surface area contributed by atoms with Gasteiger partial charge < -0.3 is 15.8 Å². The van der Waals surface area contributed by atoms with E-state index in [1.165, 1.54) is 0 Å². The monoisotopic (exact) mass is 340 g/mol. The Hall–Kier alpha value is -3.21. The number of aromatic nitrogens is 3. The van der Waals surface area contributed by atoms with Crippen LogP contribution in [0.5, 0.6) is 0 Å². The smallest absolute Gasteiger partial charge is 0.325 e. The molecule has 0 saturated carbocycles. The van der Waals surface area contributed by atoms with Gasteiger partial charge in [-0.2, -0.15) is 5.26 Å². The molecule has 0 aliphatic carbocycles. The summed E-state index contributed by atoms with van der Waals surface area (Å²) in [4.78, 5) is 23.9. The van der Waals surface area contributed by atoms with Gasteiger partial charge in [0.1, 0.15) is 24.0 Å². The zero-order chi connectivity index (χ0) is 18.4. The lowest BCUT2D eigenvalue weighted by atomic mass is 9.99. The van der Waals surface area contributed by atoms with Gasteiger partial charge in [0.15, 0.2) is 0 Å². The zero-order valence-corrected chi connectivity index (χ0v) is 14.4. The molecule has 2 aromatic heterocycles. The number of nitrogens with zero attached hydrogens (tertiary/aromatic N) is 4. The van der Waals surface area contributed by atoms with E-state index in [1.807, 2.05) is 19.9 Å². The maximum atomic E-state index is 11.3. The van der Waals surface area contributed by atoms with Crippen molar-refractivity contribution in [3.05, 3.63) is 29.7 Å². The number of anilines is 2. The van der Waals surface area contributed by atoms with Gasteiger partial charge in [0.05, 0.1) is 6.61 Å². The minimum atomic E-state index is -0.384. The topological polar surface area (TPSA) is 127 Å². The molecule has 2 heterocycles. The predicted octanol–water partition coefficient (Wildman–Crippen LogP) is 2.09. The van der Waals surface area contributed by atoms with E-state index >= 15 is 0 Å². The van der Waals surface area contributed by atoms with Crippen LogP contribution in [0.4, 0.5) is 11.8 Å². The van der Waals surface area contributed by atoms with Gasteiger partial charge in [-0.1, -0.05) is 13.8 Å². The normalized spacial score (nSPS) is 10.4. The standard InChI is InChI=1S/C17H20N6O2/c1-4-25-15(24)9-22-17-20-7-11(8-21-17)12-5-14(10(2)3)23-16(19)13(12)6-18/h5,7-8,10H,4,9H2,1-3H3,(H2,19,23)(H,20,21,22). The van der Waals surface area contributed by atoms with Crippen LogP contribution < -0.4 is 11.1 Å². The number of nitriles is 1. The summed E-state index contributed by atoms with van der Waals surface area (Å²) in [5.74, 6) is 0.264. The van der Waals surface area contributed by atoms with Crippen molar-refractivity contribution in [1.82, 2.24) is 15.0 Å². The number of esters is 1. The van der Waals surface area contributed by atoms with Gasteiger partial charge in [-0.15, -0.1) is 0 Å². The third-order valence-electron chi connectivity index (χ3n) is 3.43. The van der Waals surface area contributed by atoms with Crippen LogP contribution in [0, 0.1) is 11.3 Å². The molecule has 0 bridgehead atoms. The average Bonchev–Trinajstić information content (AvgIpc) is 2.60. The van der Waals surface area contributed by atoms with E-state index in [4.69, 9.17) is 10.5 Å². The molecule has 0 saturated heterocycles. The molecule has 0 spiro atoms. The summed E-state index contributed by atoms with van der Waals surface area (Å²) in [5, 5.41) is 12.1. The molecule has 2 rings (SSSR count). The van der Waals surface area contributed by atoms with E-state index in [0.29, 0.717) is 29.2 Å². The number of nitrogens with one attached hydrogen (secondary N) is 1. The Morgan fingerprint density at radius 1 is 1.40 bits per heavy atom. The Kier molecular flexibility index (Phi) is 5.84. The van der Waals surface area contributed by atoms with Gasteiger partial charge in [0.2, 0.25) is 5.95 Å². The number of carbonyl (C=O) groups excluding carboxylic acids is 1. The number of hydrogen-bond donors (Lipinski definition) is 2. The van der Waals surface area contributed by atoms with Gasteiger partial charge in [-0.25, -0.2) is 15.0 Å². The summed E-state index contributed by atoms with van der Waals surface area (Å²) in [6.07, 6.45) is 3.14. The molecule has 0 atom stereocenters. The van der Waals surface area contributed by atoms with Crippen molar-refractivity contribution in [3.63, 3.8) is 0 Å². The summed E-state index contributed by atoms with van der Waals surface area (Å²) in [6, 6.07) is 3.90. The Bertz CT molecular complexity index is 796. The molecule has 25 heavy (non-hydrogen) atoms. The molecule has 0 aliphatic rings. The van der Waals surface area contributed by atoms with Crippen molar-refractivity contribution in [3.8, 4) is 17.2 Å². The number of hydrogen-bond acceptors (Lipinski definition) is 8. The molecular weight excluding hydrogens is 320 g/mol. The lowest BCUT2D eigenvalue weighted by Gasteiger charge is -2.12. The van der Waals surface area contributed by atoms with Crippen molar-refractivity contribution in [2.24, 2.45) is 0 Å². The van der Waals surface area contributed by atoms with Crippen LogP contribution in [0.15, 0.2) is 18.5 Å². The first-order valence-electron chi connectivity index (χ1n) is 7.88. The van der Waals surface area contributed by atoms with Crippen LogP contribution in [0.25, 0.3) is 11.1 Å². The fourth-order valence-electron chi connectivity index (χ4n) is 2.15. The van der Waals surface area contributed by atoms with Crippen LogP contribution in [-0.4, -0.2) is 34.1 Å². The van der Waals surface area contributed by atoms with E-state index in [-0.39, 0.29) is 24.2 Å². The van der Waals surface area contributed by atoms with Crippen LogP contribution in [0.3, 0.4) is 0 Å².